The summed E-state index contributed by atoms with van der Waals surface area (Å²) in [6.07, 6.45) is 3.32. The Labute approximate surface area is 185 Å². The molecule has 0 unspecified atom stereocenters. The number of aromatic hydroxyl groups is 1. The lowest BCUT2D eigenvalue weighted by Gasteiger charge is -2.19. The van der Waals surface area contributed by atoms with E-state index in [0.29, 0.717) is 46.8 Å². The van der Waals surface area contributed by atoms with Crippen molar-refractivity contribution in [3.05, 3.63) is 59.4 Å². The van der Waals surface area contributed by atoms with Crippen LogP contribution in [0.4, 0.5) is 0 Å². The minimum absolute atomic E-state index is 0.0709. The van der Waals surface area contributed by atoms with Crippen molar-refractivity contribution in [2.45, 2.75) is 33.5 Å². The normalized spacial score (nSPS) is 11.2. The van der Waals surface area contributed by atoms with Gasteiger partial charge in [-0.05, 0) is 45.2 Å². The van der Waals surface area contributed by atoms with Crippen LogP contribution in [0.2, 0.25) is 0 Å². The van der Waals surface area contributed by atoms with Crippen LogP contribution in [0.15, 0.2) is 41.1 Å². The second-order valence-corrected chi connectivity index (χ2v) is 7.65. The van der Waals surface area contributed by atoms with Crippen LogP contribution >= 0.6 is 0 Å². The fourth-order valence-corrected chi connectivity index (χ4v) is 3.68. The Balaban J connectivity index is 1.74. The van der Waals surface area contributed by atoms with Gasteiger partial charge in [-0.25, -0.2) is 9.97 Å². The number of carbonyl (C=O) groups is 1. The zero-order valence-electron chi connectivity index (χ0n) is 18.6. The largest absolute Gasteiger partial charge is 0.508 e. The van der Waals surface area contributed by atoms with Crippen molar-refractivity contribution in [2.24, 2.45) is 0 Å². The van der Waals surface area contributed by atoms with Crippen LogP contribution in [0.5, 0.6) is 5.75 Å². The number of fused-ring (bicyclic) bond motifs is 1. The number of hydrogen-bond donors (Lipinski definition) is 2. The molecule has 4 aromatic rings. The smallest absolute Gasteiger partial charge is 0.254 e. The molecule has 32 heavy (non-hydrogen) atoms. The van der Waals surface area contributed by atoms with Gasteiger partial charge in [-0.2, -0.15) is 5.10 Å². The lowest BCUT2D eigenvalue weighted by atomic mass is 10.0. The molecule has 0 saturated carbocycles. The van der Waals surface area contributed by atoms with E-state index in [9.17, 15) is 9.90 Å². The molecule has 3 aromatic heterocycles. The summed E-state index contributed by atoms with van der Waals surface area (Å²) in [5.41, 5.74) is 4.11. The van der Waals surface area contributed by atoms with Crippen LogP contribution in [0.25, 0.3) is 22.3 Å². The molecule has 166 valence electrons. The summed E-state index contributed by atoms with van der Waals surface area (Å²) in [6.45, 7) is 5.70. The third kappa shape index (κ3) is 4.06. The van der Waals surface area contributed by atoms with Gasteiger partial charge in [-0.1, -0.05) is 0 Å². The molecule has 1 aromatic carbocycles. The molecule has 0 spiro atoms. The minimum atomic E-state index is -0.188. The highest BCUT2D eigenvalue weighted by molar-refractivity contribution is 6.07. The summed E-state index contributed by atoms with van der Waals surface area (Å²) in [5, 5.41) is 18.0. The third-order valence-electron chi connectivity index (χ3n) is 5.42. The number of nitrogens with zero attached hydrogens (tertiary/aromatic N) is 5. The van der Waals surface area contributed by atoms with Crippen molar-refractivity contribution < 1.29 is 14.3 Å². The number of aryl methyl sites for hydroxylation is 1. The van der Waals surface area contributed by atoms with E-state index in [4.69, 9.17) is 4.42 Å². The first-order chi connectivity index (χ1) is 15.4. The monoisotopic (exact) mass is 434 g/mol. The second-order valence-electron chi connectivity index (χ2n) is 7.65. The first-order valence-electron chi connectivity index (χ1n) is 10.4. The summed E-state index contributed by atoms with van der Waals surface area (Å²) in [5.74, 6) is 0.414. The molecule has 0 aliphatic rings. The van der Waals surface area contributed by atoms with Crippen LogP contribution in [0, 0.1) is 6.92 Å². The molecule has 1 amide bonds. The maximum atomic E-state index is 13.5. The van der Waals surface area contributed by atoms with E-state index < -0.39 is 0 Å². The summed E-state index contributed by atoms with van der Waals surface area (Å²) in [4.78, 5) is 24.2. The minimum Gasteiger partial charge on any atom is -0.508 e. The number of benzene rings is 1. The number of phenolic OH excluding ortho intramolecular Hbond substituents is 1. The van der Waals surface area contributed by atoms with E-state index in [2.05, 4.69) is 20.4 Å². The molecule has 0 radical (unpaired) electrons. The molecular weight excluding hydrogens is 408 g/mol. The number of carbonyl (C=O) groups excluding carboxylic acids is 1. The molecule has 0 aliphatic heterocycles. The number of aromatic nitrogens is 4. The number of phenols is 1. The van der Waals surface area contributed by atoms with Gasteiger partial charge < -0.3 is 19.7 Å². The molecule has 0 fully saturated rings. The molecule has 0 bridgehead atoms. The van der Waals surface area contributed by atoms with Crippen LogP contribution in [0.1, 0.15) is 34.4 Å². The first kappa shape index (κ1) is 21.5. The highest BCUT2D eigenvalue weighted by atomic mass is 16.3. The Morgan fingerprint density at radius 3 is 2.78 bits per heavy atom. The number of pyridine rings is 1. The number of nitrogens with one attached hydrogen (secondary N) is 1. The van der Waals surface area contributed by atoms with Crippen molar-refractivity contribution in [1.82, 2.24) is 30.0 Å². The predicted molar refractivity (Wildman–Crippen MR) is 120 cm³/mol. The van der Waals surface area contributed by atoms with Gasteiger partial charge in [0.15, 0.2) is 0 Å². The number of hydrogen-bond acceptors (Lipinski definition) is 7. The lowest BCUT2D eigenvalue weighted by Crippen LogP contribution is -2.26. The fourth-order valence-electron chi connectivity index (χ4n) is 3.68. The third-order valence-corrected chi connectivity index (χ3v) is 5.42. The van der Waals surface area contributed by atoms with Gasteiger partial charge in [0, 0.05) is 36.8 Å². The van der Waals surface area contributed by atoms with Gasteiger partial charge in [0.1, 0.15) is 17.7 Å². The van der Waals surface area contributed by atoms with Crippen LogP contribution in [-0.4, -0.2) is 49.8 Å². The second kappa shape index (κ2) is 8.80. The SMILES string of the molecule is CCn1ncc(CN(C)C(=O)c2cc(-c3coc(CNC)n3)nc3ccc(O)cc23)c1C. The summed E-state index contributed by atoms with van der Waals surface area (Å²) >= 11 is 0. The summed E-state index contributed by atoms with van der Waals surface area (Å²) < 4.78 is 7.39. The van der Waals surface area contributed by atoms with Gasteiger partial charge in [-0.3, -0.25) is 9.48 Å². The summed E-state index contributed by atoms with van der Waals surface area (Å²) in [7, 11) is 3.56. The van der Waals surface area contributed by atoms with Crippen molar-refractivity contribution in [1.29, 1.82) is 0 Å². The fraction of sp³-hybridized carbons (Fsp3) is 0.304. The van der Waals surface area contributed by atoms with E-state index in [-0.39, 0.29) is 11.7 Å². The van der Waals surface area contributed by atoms with Crippen molar-refractivity contribution in [3.63, 3.8) is 0 Å². The number of rotatable bonds is 7. The Kier molecular flexibility index (Phi) is 5.91. The van der Waals surface area contributed by atoms with Gasteiger partial charge >= 0.3 is 0 Å². The van der Waals surface area contributed by atoms with Crippen LogP contribution < -0.4 is 5.32 Å². The summed E-state index contributed by atoms with van der Waals surface area (Å²) in [6, 6.07) is 6.50. The number of amides is 1. The highest BCUT2D eigenvalue weighted by Crippen LogP contribution is 2.28. The Morgan fingerprint density at radius 2 is 2.06 bits per heavy atom. The Morgan fingerprint density at radius 1 is 1.25 bits per heavy atom. The molecule has 0 aliphatic carbocycles. The van der Waals surface area contributed by atoms with Gasteiger partial charge in [0.05, 0.1) is 29.5 Å². The van der Waals surface area contributed by atoms with E-state index in [0.717, 1.165) is 17.8 Å². The Bertz CT molecular complexity index is 1280. The average Bonchev–Trinajstić information content (AvgIpc) is 3.39. The van der Waals surface area contributed by atoms with Crippen LogP contribution in [0.3, 0.4) is 0 Å². The predicted octanol–water partition coefficient (Wildman–Crippen LogP) is 3.11. The standard InChI is InChI=1S/C23H26N6O3/c1-5-29-14(2)15(10-25-29)12-28(4)23(31)18-9-20(21-13-32-22(27-21)11-24-3)26-19-7-6-16(30)8-17(18)19/h6-10,13,24,30H,5,11-12H2,1-4H3. The van der Waals surface area contributed by atoms with E-state index in [1.54, 1.807) is 42.4 Å². The molecule has 0 atom stereocenters. The molecule has 9 nitrogen and oxygen atoms in total. The molecule has 9 heteroatoms. The molecular formula is C23H26N6O3. The first-order valence-corrected chi connectivity index (χ1v) is 10.4. The lowest BCUT2D eigenvalue weighted by molar-refractivity contribution is 0.0787. The van der Waals surface area contributed by atoms with Gasteiger partial charge in [0.2, 0.25) is 5.89 Å². The van der Waals surface area contributed by atoms with Crippen molar-refractivity contribution in [2.75, 3.05) is 14.1 Å². The van der Waals surface area contributed by atoms with Gasteiger partial charge in [0.25, 0.3) is 5.91 Å². The van der Waals surface area contributed by atoms with E-state index in [1.807, 2.05) is 25.6 Å². The molecule has 0 saturated heterocycles. The van der Waals surface area contributed by atoms with Crippen LogP contribution in [-0.2, 0) is 19.6 Å². The molecule has 4 rings (SSSR count). The highest BCUT2D eigenvalue weighted by Gasteiger charge is 2.20. The zero-order chi connectivity index (χ0) is 22.8. The van der Waals surface area contributed by atoms with Crippen molar-refractivity contribution in [3.8, 4) is 17.1 Å². The maximum Gasteiger partial charge on any atom is 0.254 e. The Hall–Kier alpha value is -3.72. The molecule has 3 heterocycles. The van der Waals surface area contributed by atoms with Gasteiger partial charge in [-0.15, -0.1) is 0 Å². The van der Waals surface area contributed by atoms with E-state index >= 15 is 0 Å². The topological polar surface area (TPSA) is 109 Å². The van der Waals surface area contributed by atoms with Crippen molar-refractivity contribution >= 4 is 16.8 Å². The zero-order valence-corrected chi connectivity index (χ0v) is 18.6. The quantitative estimate of drug-likeness (QED) is 0.460. The van der Waals surface area contributed by atoms with E-state index in [1.165, 1.54) is 6.26 Å². The number of oxazole rings is 1. The molecule has 2 N–H and O–H groups in total. The maximum absolute atomic E-state index is 13.5. The average molecular weight is 435 g/mol.